The number of hydrogen-bond acceptors (Lipinski definition) is 4. The summed E-state index contributed by atoms with van der Waals surface area (Å²) in [4.78, 5) is 10.8. The van der Waals surface area contributed by atoms with Crippen molar-refractivity contribution in [1.29, 1.82) is 0 Å². The number of hydrogen-bond donors (Lipinski definition) is 2. The lowest BCUT2D eigenvalue weighted by atomic mass is 10.2. The monoisotopic (exact) mass is 257 g/mol. The van der Waals surface area contributed by atoms with Crippen molar-refractivity contribution in [2.45, 2.75) is 12.7 Å². The average Bonchev–Trinajstić information content (AvgIpc) is 2.73. The highest BCUT2D eigenvalue weighted by Gasteiger charge is 2.23. The van der Waals surface area contributed by atoms with E-state index in [1.165, 1.54) is 0 Å². The lowest BCUT2D eigenvalue weighted by Gasteiger charge is -2.13. The molecule has 1 aliphatic rings. The summed E-state index contributed by atoms with van der Waals surface area (Å²) in [6.07, 6.45) is -0.734. The molecule has 2 N–H and O–H groups in total. The van der Waals surface area contributed by atoms with Gasteiger partial charge in [-0.1, -0.05) is 11.6 Å². The van der Waals surface area contributed by atoms with Gasteiger partial charge in [-0.15, -0.1) is 0 Å². The first kappa shape index (κ1) is 12.0. The summed E-state index contributed by atoms with van der Waals surface area (Å²) in [5.41, 5.74) is 0.606. The molecule has 92 valence electrons. The largest absolute Gasteiger partial charge is 0.489 e. The van der Waals surface area contributed by atoms with E-state index < -0.39 is 6.09 Å². The molecule has 6 heteroatoms. The van der Waals surface area contributed by atoms with Gasteiger partial charge in [0.25, 0.3) is 0 Å². The van der Waals surface area contributed by atoms with Crippen molar-refractivity contribution in [2.24, 2.45) is 0 Å². The molecule has 0 spiro atoms. The predicted octanol–water partition coefficient (Wildman–Crippen LogP) is 1.32. The molecule has 0 aliphatic carbocycles. The zero-order valence-electron chi connectivity index (χ0n) is 8.98. The van der Waals surface area contributed by atoms with Gasteiger partial charge in [0, 0.05) is 10.6 Å². The topological polar surface area (TPSA) is 67.8 Å². The highest BCUT2D eigenvalue weighted by atomic mass is 35.5. The van der Waals surface area contributed by atoms with Gasteiger partial charge >= 0.3 is 6.09 Å². The number of nitrogens with one attached hydrogen (secondary N) is 1. The van der Waals surface area contributed by atoms with Crippen molar-refractivity contribution in [1.82, 2.24) is 5.32 Å². The van der Waals surface area contributed by atoms with Gasteiger partial charge in [-0.3, -0.25) is 0 Å². The quantitative estimate of drug-likeness (QED) is 0.854. The standard InChI is InChI=1S/C11H12ClNO4/c12-8-1-2-10(7(3-8)5-14)16-6-9-4-13-11(15)17-9/h1-3,9,14H,4-6H2,(H,13,15). The average molecular weight is 258 g/mol. The van der Waals surface area contributed by atoms with Crippen molar-refractivity contribution >= 4 is 17.7 Å². The minimum atomic E-state index is -0.433. The van der Waals surface area contributed by atoms with Gasteiger partial charge < -0.3 is 19.9 Å². The Bertz CT molecular complexity index is 424. The van der Waals surface area contributed by atoms with E-state index in [0.717, 1.165) is 0 Å². The van der Waals surface area contributed by atoms with Crippen LogP contribution in [0.5, 0.6) is 5.75 Å². The second-order valence-electron chi connectivity index (χ2n) is 3.63. The third kappa shape index (κ3) is 3.01. The molecule has 1 amide bonds. The molecule has 1 atom stereocenters. The molecule has 5 nitrogen and oxygen atoms in total. The fourth-order valence-corrected chi connectivity index (χ4v) is 1.71. The van der Waals surface area contributed by atoms with Crippen LogP contribution in [0.1, 0.15) is 5.56 Å². The van der Waals surface area contributed by atoms with Gasteiger partial charge in [-0.2, -0.15) is 0 Å². The second-order valence-corrected chi connectivity index (χ2v) is 4.07. The summed E-state index contributed by atoms with van der Waals surface area (Å²) in [6, 6.07) is 4.99. The van der Waals surface area contributed by atoms with Gasteiger partial charge in [-0.25, -0.2) is 4.79 Å². The van der Waals surface area contributed by atoms with E-state index in [2.05, 4.69) is 5.32 Å². The van der Waals surface area contributed by atoms with Gasteiger partial charge in [0.05, 0.1) is 13.2 Å². The number of amides is 1. The first-order chi connectivity index (χ1) is 8.19. The van der Waals surface area contributed by atoms with Crippen LogP contribution < -0.4 is 10.1 Å². The number of carbonyl (C=O) groups is 1. The molecule has 1 saturated heterocycles. The van der Waals surface area contributed by atoms with Gasteiger partial charge in [0.1, 0.15) is 12.4 Å². The fraction of sp³-hybridized carbons (Fsp3) is 0.364. The predicted molar refractivity (Wildman–Crippen MR) is 61.1 cm³/mol. The van der Waals surface area contributed by atoms with E-state index in [4.69, 9.17) is 26.2 Å². The third-order valence-corrected chi connectivity index (χ3v) is 2.60. The molecule has 17 heavy (non-hydrogen) atoms. The lowest BCUT2D eigenvalue weighted by molar-refractivity contribution is 0.104. The molecule has 0 aromatic heterocycles. The molecular formula is C11H12ClNO4. The van der Waals surface area contributed by atoms with Crippen LogP contribution in [0.15, 0.2) is 18.2 Å². The molecule has 0 bridgehead atoms. The van der Waals surface area contributed by atoms with Crippen molar-refractivity contribution in [2.75, 3.05) is 13.2 Å². The van der Waals surface area contributed by atoms with Crippen LogP contribution in [-0.4, -0.2) is 30.5 Å². The number of benzene rings is 1. The fourth-order valence-electron chi connectivity index (χ4n) is 1.52. The minimum Gasteiger partial charge on any atom is -0.489 e. The van der Waals surface area contributed by atoms with E-state index in [9.17, 15) is 4.79 Å². The van der Waals surface area contributed by atoms with Crippen LogP contribution in [0.2, 0.25) is 5.02 Å². The number of carbonyl (C=O) groups excluding carboxylic acids is 1. The second kappa shape index (κ2) is 5.25. The maximum atomic E-state index is 10.8. The minimum absolute atomic E-state index is 0.154. The number of aliphatic hydroxyl groups excluding tert-OH is 1. The SMILES string of the molecule is O=C1NCC(COc2ccc(Cl)cc2CO)O1. The third-order valence-electron chi connectivity index (χ3n) is 2.37. The molecule has 1 aromatic carbocycles. The van der Waals surface area contributed by atoms with Crippen molar-refractivity contribution in [3.05, 3.63) is 28.8 Å². The van der Waals surface area contributed by atoms with Crippen molar-refractivity contribution in [3.63, 3.8) is 0 Å². The Morgan fingerprint density at radius 2 is 2.41 bits per heavy atom. The Morgan fingerprint density at radius 1 is 1.59 bits per heavy atom. The number of alkyl carbamates (subject to hydrolysis) is 1. The number of rotatable bonds is 4. The summed E-state index contributed by atoms with van der Waals surface area (Å²) in [5, 5.41) is 12.2. The highest BCUT2D eigenvalue weighted by molar-refractivity contribution is 6.30. The summed E-state index contributed by atoms with van der Waals surface area (Å²) < 4.78 is 10.4. The van der Waals surface area contributed by atoms with Crippen LogP contribution in [0, 0.1) is 0 Å². The molecule has 1 fully saturated rings. The number of aliphatic hydroxyl groups is 1. The molecule has 1 aliphatic heterocycles. The molecule has 1 unspecified atom stereocenters. The molecular weight excluding hydrogens is 246 g/mol. The number of ether oxygens (including phenoxy) is 2. The smallest absolute Gasteiger partial charge is 0.407 e. The zero-order valence-corrected chi connectivity index (χ0v) is 9.74. The molecule has 0 radical (unpaired) electrons. The van der Waals surface area contributed by atoms with Crippen molar-refractivity contribution in [3.8, 4) is 5.75 Å². The molecule has 1 aromatic rings. The Labute approximate surface area is 103 Å². The first-order valence-corrected chi connectivity index (χ1v) is 5.53. The number of halogens is 1. The summed E-state index contributed by atoms with van der Waals surface area (Å²) >= 11 is 5.80. The van der Waals surface area contributed by atoms with Crippen LogP contribution in [0.4, 0.5) is 4.79 Å². The Hall–Kier alpha value is -1.46. The maximum Gasteiger partial charge on any atom is 0.407 e. The molecule has 1 heterocycles. The normalized spacial score (nSPS) is 18.7. The van der Waals surface area contributed by atoms with Gasteiger partial charge in [-0.05, 0) is 18.2 Å². The van der Waals surface area contributed by atoms with Gasteiger partial charge in [0.2, 0.25) is 0 Å². The Kier molecular flexibility index (Phi) is 3.71. The van der Waals surface area contributed by atoms with E-state index >= 15 is 0 Å². The van der Waals surface area contributed by atoms with Crippen LogP contribution in [-0.2, 0) is 11.3 Å². The van der Waals surface area contributed by atoms with Crippen LogP contribution in [0.25, 0.3) is 0 Å². The Morgan fingerprint density at radius 3 is 3.06 bits per heavy atom. The van der Waals surface area contributed by atoms with E-state index in [1.54, 1.807) is 18.2 Å². The van der Waals surface area contributed by atoms with E-state index in [0.29, 0.717) is 22.9 Å². The maximum absolute atomic E-state index is 10.8. The Balaban J connectivity index is 1.96. The highest BCUT2D eigenvalue weighted by Crippen LogP contribution is 2.23. The molecule has 2 rings (SSSR count). The molecule has 0 saturated carbocycles. The lowest BCUT2D eigenvalue weighted by Crippen LogP contribution is -2.22. The summed E-state index contributed by atoms with van der Waals surface area (Å²) in [6.45, 7) is 0.521. The summed E-state index contributed by atoms with van der Waals surface area (Å²) in [7, 11) is 0. The first-order valence-electron chi connectivity index (χ1n) is 5.15. The van der Waals surface area contributed by atoms with Crippen LogP contribution in [0.3, 0.4) is 0 Å². The number of cyclic esters (lactones) is 1. The van der Waals surface area contributed by atoms with E-state index in [-0.39, 0.29) is 19.3 Å². The van der Waals surface area contributed by atoms with Crippen LogP contribution >= 0.6 is 11.6 Å². The summed E-state index contributed by atoms with van der Waals surface area (Å²) in [5.74, 6) is 0.542. The zero-order chi connectivity index (χ0) is 12.3. The van der Waals surface area contributed by atoms with E-state index in [1.807, 2.05) is 0 Å². The van der Waals surface area contributed by atoms with Crippen molar-refractivity contribution < 1.29 is 19.4 Å². The van der Waals surface area contributed by atoms with Gasteiger partial charge in [0.15, 0.2) is 6.10 Å².